The summed E-state index contributed by atoms with van der Waals surface area (Å²) in [6.07, 6.45) is 0.243. The molecular formula is C11H11FO3. The Morgan fingerprint density at radius 1 is 1.53 bits per heavy atom. The molecule has 1 saturated heterocycles. The van der Waals surface area contributed by atoms with E-state index in [-0.39, 0.29) is 19.0 Å². The minimum Gasteiger partial charge on any atom is -0.427 e. The summed E-state index contributed by atoms with van der Waals surface area (Å²) in [4.78, 5) is 10.6. The van der Waals surface area contributed by atoms with Crippen molar-refractivity contribution in [2.24, 2.45) is 0 Å². The fourth-order valence-electron chi connectivity index (χ4n) is 1.33. The highest BCUT2D eigenvalue weighted by Crippen LogP contribution is 2.32. The van der Waals surface area contributed by atoms with Crippen LogP contribution in [0.15, 0.2) is 24.3 Å². The van der Waals surface area contributed by atoms with Crippen LogP contribution in [-0.4, -0.2) is 18.4 Å². The van der Waals surface area contributed by atoms with Crippen molar-refractivity contribution < 1.29 is 18.7 Å². The summed E-state index contributed by atoms with van der Waals surface area (Å²) in [5.41, 5.74) is 0.825. The summed E-state index contributed by atoms with van der Waals surface area (Å²) in [7, 11) is 0. The number of halogens is 1. The van der Waals surface area contributed by atoms with Gasteiger partial charge in [0.05, 0.1) is 0 Å². The quantitative estimate of drug-likeness (QED) is 0.434. The highest BCUT2D eigenvalue weighted by molar-refractivity contribution is 5.69. The van der Waals surface area contributed by atoms with Crippen molar-refractivity contribution in [2.45, 2.75) is 19.2 Å². The average Bonchev–Trinajstić information content (AvgIpc) is 2.86. The first-order valence-electron chi connectivity index (χ1n) is 4.68. The SMILES string of the molecule is CC(=O)Oc1ccc(CC2(F)CO2)cc1. The van der Waals surface area contributed by atoms with Gasteiger partial charge in [0.25, 0.3) is 0 Å². The second-order valence-electron chi connectivity index (χ2n) is 3.59. The van der Waals surface area contributed by atoms with Crippen LogP contribution in [0.5, 0.6) is 5.75 Å². The number of ether oxygens (including phenoxy) is 2. The van der Waals surface area contributed by atoms with E-state index < -0.39 is 5.85 Å². The second-order valence-corrected chi connectivity index (χ2v) is 3.59. The number of carbonyl (C=O) groups is 1. The van der Waals surface area contributed by atoms with Gasteiger partial charge in [-0.25, -0.2) is 4.39 Å². The predicted octanol–water partition coefficient (Wildman–Crippen LogP) is 1.85. The topological polar surface area (TPSA) is 38.8 Å². The van der Waals surface area contributed by atoms with E-state index in [0.29, 0.717) is 5.75 Å². The molecule has 0 bridgehead atoms. The fourth-order valence-corrected chi connectivity index (χ4v) is 1.33. The molecule has 1 unspecified atom stereocenters. The molecule has 1 aromatic carbocycles. The minimum atomic E-state index is -1.47. The van der Waals surface area contributed by atoms with E-state index in [1.165, 1.54) is 6.92 Å². The number of esters is 1. The van der Waals surface area contributed by atoms with Crippen molar-refractivity contribution in [2.75, 3.05) is 6.61 Å². The highest BCUT2D eigenvalue weighted by Gasteiger charge is 2.45. The third-order valence-electron chi connectivity index (χ3n) is 2.11. The summed E-state index contributed by atoms with van der Waals surface area (Å²) in [6, 6.07) is 6.73. The average molecular weight is 210 g/mol. The maximum absolute atomic E-state index is 13.2. The molecule has 15 heavy (non-hydrogen) atoms. The molecule has 0 aliphatic carbocycles. The summed E-state index contributed by atoms with van der Waals surface area (Å²) in [6.45, 7) is 1.50. The van der Waals surface area contributed by atoms with Crippen LogP contribution in [0.25, 0.3) is 0 Å². The molecule has 0 radical (unpaired) electrons. The largest absolute Gasteiger partial charge is 0.427 e. The van der Waals surface area contributed by atoms with Gasteiger partial charge in [-0.2, -0.15) is 0 Å². The molecule has 1 aliphatic heterocycles. The van der Waals surface area contributed by atoms with Crippen LogP contribution in [0.2, 0.25) is 0 Å². The number of hydrogen-bond acceptors (Lipinski definition) is 3. The Kier molecular flexibility index (Phi) is 2.44. The number of benzene rings is 1. The van der Waals surface area contributed by atoms with Gasteiger partial charge in [0.15, 0.2) is 0 Å². The Labute approximate surface area is 86.8 Å². The number of rotatable bonds is 3. The third-order valence-corrected chi connectivity index (χ3v) is 2.11. The molecule has 1 aliphatic rings. The van der Waals surface area contributed by atoms with Crippen LogP contribution in [0.3, 0.4) is 0 Å². The first-order valence-corrected chi connectivity index (χ1v) is 4.68. The molecule has 80 valence electrons. The zero-order chi connectivity index (χ0) is 10.9. The Bertz CT molecular complexity index is 368. The van der Waals surface area contributed by atoms with Crippen molar-refractivity contribution >= 4 is 5.97 Å². The molecule has 1 aromatic rings. The molecule has 2 rings (SSSR count). The van der Waals surface area contributed by atoms with Crippen LogP contribution in [0.4, 0.5) is 4.39 Å². The fraction of sp³-hybridized carbons (Fsp3) is 0.364. The first kappa shape index (κ1) is 10.1. The smallest absolute Gasteiger partial charge is 0.308 e. The standard InChI is InChI=1S/C11H11FO3/c1-8(13)15-10-4-2-9(3-5-10)6-11(12)7-14-11/h2-5H,6-7H2,1H3. The van der Waals surface area contributed by atoms with Crippen LogP contribution in [0, 0.1) is 0 Å². The molecule has 4 heteroatoms. The van der Waals surface area contributed by atoms with Crippen molar-refractivity contribution in [3.8, 4) is 5.75 Å². The van der Waals surface area contributed by atoms with Crippen molar-refractivity contribution in [1.82, 2.24) is 0 Å². The van der Waals surface area contributed by atoms with Gasteiger partial charge < -0.3 is 9.47 Å². The highest BCUT2D eigenvalue weighted by atomic mass is 19.2. The van der Waals surface area contributed by atoms with Crippen molar-refractivity contribution in [3.63, 3.8) is 0 Å². The van der Waals surface area contributed by atoms with Gasteiger partial charge in [-0.1, -0.05) is 12.1 Å². The van der Waals surface area contributed by atoms with Crippen molar-refractivity contribution in [1.29, 1.82) is 0 Å². The molecule has 3 nitrogen and oxygen atoms in total. The van der Waals surface area contributed by atoms with E-state index in [0.717, 1.165) is 5.56 Å². The van der Waals surface area contributed by atoms with Crippen LogP contribution >= 0.6 is 0 Å². The molecule has 0 aromatic heterocycles. The maximum Gasteiger partial charge on any atom is 0.308 e. The van der Waals surface area contributed by atoms with Gasteiger partial charge >= 0.3 is 5.97 Å². The lowest BCUT2D eigenvalue weighted by atomic mass is 10.1. The molecule has 1 heterocycles. The number of epoxide rings is 1. The lowest BCUT2D eigenvalue weighted by Crippen LogP contribution is -2.06. The molecule has 1 fully saturated rings. The number of hydrogen-bond donors (Lipinski definition) is 0. The second kappa shape index (κ2) is 3.62. The predicted molar refractivity (Wildman–Crippen MR) is 51.2 cm³/mol. The molecule has 0 spiro atoms. The molecule has 0 N–H and O–H groups in total. The van der Waals surface area contributed by atoms with Gasteiger partial charge in [-0.15, -0.1) is 0 Å². The number of alkyl halides is 1. The Balaban J connectivity index is 2.00. The van der Waals surface area contributed by atoms with Gasteiger partial charge in [-0.3, -0.25) is 4.79 Å². The van der Waals surface area contributed by atoms with E-state index in [1.807, 2.05) is 0 Å². The normalized spacial score (nSPS) is 23.6. The summed E-state index contributed by atoms with van der Waals surface area (Å²) in [5.74, 6) is -1.37. The van der Waals surface area contributed by atoms with Gasteiger partial charge in [0.2, 0.25) is 5.85 Å². The lowest BCUT2D eigenvalue weighted by molar-refractivity contribution is -0.131. The monoisotopic (exact) mass is 210 g/mol. The van der Waals surface area contributed by atoms with E-state index in [4.69, 9.17) is 4.74 Å². The summed E-state index contributed by atoms with van der Waals surface area (Å²) >= 11 is 0. The summed E-state index contributed by atoms with van der Waals surface area (Å²) in [5, 5.41) is 0. The van der Waals surface area contributed by atoms with E-state index >= 15 is 0 Å². The zero-order valence-corrected chi connectivity index (χ0v) is 8.33. The third kappa shape index (κ3) is 2.76. The van der Waals surface area contributed by atoms with Gasteiger partial charge in [0.1, 0.15) is 12.4 Å². The zero-order valence-electron chi connectivity index (χ0n) is 8.33. The molecule has 0 amide bonds. The lowest BCUT2D eigenvalue weighted by Gasteiger charge is -2.04. The molecular weight excluding hydrogens is 199 g/mol. The Hall–Kier alpha value is -1.42. The van der Waals surface area contributed by atoms with Gasteiger partial charge in [-0.05, 0) is 17.7 Å². The van der Waals surface area contributed by atoms with Crippen LogP contribution < -0.4 is 4.74 Å². The van der Waals surface area contributed by atoms with E-state index in [1.54, 1.807) is 24.3 Å². The first-order chi connectivity index (χ1) is 7.07. The molecule has 0 saturated carbocycles. The van der Waals surface area contributed by atoms with E-state index in [9.17, 15) is 9.18 Å². The Morgan fingerprint density at radius 2 is 2.13 bits per heavy atom. The van der Waals surface area contributed by atoms with Crippen molar-refractivity contribution in [3.05, 3.63) is 29.8 Å². The van der Waals surface area contributed by atoms with Crippen LogP contribution in [0.1, 0.15) is 12.5 Å². The summed E-state index contributed by atoms with van der Waals surface area (Å²) < 4.78 is 22.7. The van der Waals surface area contributed by atoms with Gasteiger partial charge in [0, 0.05) is 13.3 Å². The molecule has 1 atom stereocenters. The minimum absolute atomic E-state index is 0.165. The van der Waals surface area contributed by atoms with Crippen LogP contribution in [-0.2, 0) is 16.0 Å². The maximum atomic E-state index is 13.2. The number of carbonyl (C=O) groups excluding carboxylic acids is 1. The Morgan fingerprint density at radius 3 is 2.60 bits per heavy atom. The van der Waals surface area contributed by atoms with E-state index in [2.05, 4.69) is 4.74 Å².